The van der Waals surface area contributed by atoms with Crippen LogP contribution < -0.4 is 21.3 Å². The smallest absolute Gasteiger partial charge is 0.290 e. The first-order chi connectivity index (χ1) is 15.5. The van der Waals surface area contributed by atoms with E-state index in [0.717, 1.165) is 19.3 Å². The number of ketones is 1. The molecular formula is C24H40N4O5. The van der Waals surface area contributed by atoms with E-state index in [1.165, 1.54) is 13.0 Å². The molecule has 9 nitrogen and oxygen atoms in total. The van der Waals surface area contributed by atoms with Crippen molar-refractivity contribution >= 4 is 29.4 Å². The Morgan fingerprint density at radius 2 is 1.82 bits per heavy atom. The summed E-state index contributed by atoms with van der Waals surface area (Å²) in [6.45, 7) is 9.78. The van der Waals surface area contributed by atoms with Crippen molar-refractivity contribution in [2.45, 2.75) is 91.3 Å². The van der Waals surface area contributed by atoms with Gasteiger partial charge in [-0.05, 0) is 56.9 Å². The van der Waals surface area contributed by atoms with Gasteiger partial charge in [-0.15, -0.1) is 0 Å². The maximum atomic E-state index is 12.7. The highest BCUT2D eigenvalue weighted by Gasteiger charge is 2.30. The molecule has 1 aliphatic rings. The van der Waals surface area contributed by atoms with E-state index >= 15 is 0 Å². The molecule has 0 spiro atoms. The summed E-state index contributed by atoms with van der Waals surface area (Å²) < 4.78 is 0. The Kier molecular flexibility index (Phi) is 12.4. The molecule has 33 heavy (non-hydrogen) atoms. The zero-order valence-corrected chi connectivity index (χ0v) is 20.5. The predicted molar refractivity (Wildman–Crippen MR) is 126 cm³/mol. The molecule has 0 radical (unpaired) electrons. The molecule has 0 aromatic heterocycles. The van der Waals surface area contributed by atoms with Crippen molar-refractivity contribution in [2.24, 2.45) is 11.8 Å². The number of allylic oxidation sites excluding steroid dienone is 1. The molecule has 1 aliphatic heterocycles. The lowest BCUT2D eigenvalue weighted by atomic mass is 10.0. The molecule has 186 valence electrons. The van der Waals surface area contributed by atoms with E-state index in [9.17, 15) is 24.0 Å². The van der Waals surface area contributed by atoms with Gasteiger partial charge in [0.1, 0.15) is 12.1 Å². The molecule has 0 aromatic rings. The van der Waals surface area contributed by atoms with E-state index in [1.807, 2.05) is 13.8 Å². The van der Waals surface area contributed by atoms with Gasteiger partial charge in [0, 0.05) is 6.54 Å². The standard InChI is InChI=1S/C24H40N4O5/c1-6-16(4)10-7-8-12-20(29)27-18-11-9-13-25-22(31)19(14-15(2)3)28-24(33)21(30)17(5)26-23(18)32/h8,12,15-19H,6-7,9-11,13-14H2,1-5H3,(H,25,31)(H,26,32)(H,27,29)(H,28,33)/b12-8+/t16-,17-,18-,19+/m0/s1. The molecule has 0 unspecified atom stereocenters. The van der Waals surface area contributed by atoms with Crippen LogP contribution in [0.4, 0.5) is 0 Å². The van der Waals surface area contributed by atoms with E-state index in [4.69, 9.17) is 0 Å². The van der Waals surface area contributed by atoms with E-state index < -0.39 is 41.6 Å². The number of Topliss-reactive ketones (excluding diaryl/α,β-unsaturated/α-hetero) is 1. The van der Waals surface area contributed by atoms with Crippen LogP contribution in [0.2, 0.25) is 0 Å². The normalized spacial score (nSPS) is 24.2. The van der Waals surface area contributed by atoms with Crippen molar-refractivity contribution in [3.63, 3.8) is 0 Å². The van der Waals surface area contributed by atoms with Crippen LogP contribution in [0.5, 0.6) is 0 Å². The molecule has 4 atom stereocenters. The average Bonchev–Trinajstić information content (AvgIpc) is 2.76. The van der Waals surface area contributed by atoms with Crippen molar-refractivity contribution < 1.29 is 24.0 Å². The summed E-state index contributed by atoms with van der Waals surface area (Å²) >= 11 is 0. The lowest BCUT2D eigenvalue weighted by molar-refractivity contribution is -0.141. The minimum atomic E-state index is -1.09. The highest BCUT2D eigenvalue weighted by atomic mass is 16.2. The Bertz CT molecular complexity index is 734. The van der Waals surface area contributed by atoms with E-state index in [2.05, 4.69) is 35.1 Å². The van der Waals surface area contributed by atoms with Crippen LogP contribution >= 0.6 is 0 Å². The largest absolute Gasteiger partial charge is 0.354 e. The summed E-state index contributed by atoms with van der Waals surface area (Å²) in [5, 5.41) is 10.4. The number of hydrogen-bond acceptors (Lipinski definition) is 5. The van der Waals surface area contributed by atoms with Crippen LogP contribution in [0, 0.1) is 11.8 Å². The third kappa shape index (κ3) is 10.6. The molecule has 0 saturated carbocycles. The number of carbonyl (C=O) groups is 5. The van der Waals surface area contributed by atoms with Crippen LogP contribution in [-0.2, 0) is 24.0 Å². The first-order valence-electron chi connectivity index (χ1n) is 11.9. The highest BCUT2D eigenvalue weighted by Crippen LogP contribution is 2.10. The first-order valence-corrected chi connectivity index (χ1v) is 11.9. The topological polar surface area (TPSA) is 133 Å². The maximum Gasteiger partial charge on any atom is 0.290 e. The molecule has 0 bridgehead atoms. The van der Waals surface area contributed by atoms with Gasteiger partial charge in [0.15, 0.2) is 0 Å². The Morgan fingerprint density at radius 1 is 1.12 bits per heavy atom. The van der Waals surface area contributed by atoms with Gasteiger partial charge in [0.05, 0.1) is 6.04 Å². The molecule has 4 amide bonds. The van der Waals surface area contributed by atoms with Gasteiger partial charge in [-0.25, -0.2) is 0 Å². The molecule has 1 heterocycles. The van der Waals surface area contributed by atoms with Crippen LogP contribution in [0.3, 0.4) is 0 Å². The lowest BCUT2D eigenvalue weighted by Gasteiger charge is -2.20. The molecule has 9 heteroatoms. The Hall–Kier alpha value is -2.71. The van der Waals surface area contributed by atoms with Crippen molar-refractivity contribution in [3.8, 4) is 0 Å². The van der Waals surface area contributed by atoms with Gasteiger partial charge in [0.25, 0.3) is 5.91 Å². The second-order valence-electron chi connectivity index (χ2n) is 9.24. The second-order valence-corrected chi connectivity index (χ2v) is 9.24. The van der Waals surface area contributed by atoms with Crippen molar-refractivity contribution in [1.82, 2.24) is 21.3 Å². The number of hydrogen-bond donors (Lipinski definition) is 4. The summed E-state index contributed by atoms with van der Waals surface area (Å²) in [5.74, 6) is -2.39. The monoisotopic (exact) mass is 464 g/mol. The molecule has 4 N–H and O–H groups in total. The number of amides is 4. The Morgan fingerprint density at radius 3 is 2.45 bits per heavy atom. The van der Waals surface area contributed by atoms with Crippen LogP contribution in [0.15, 0.2) is 12.2 Å². The summed E-state index contributed by atoms with van der Waals surface area (Å²) in [6, 6.07) is -2.81. The third-order valence-corrected chi connectivity index (χ3v) is 5.70. The van der Waals surface area contributed by atoms with E-state index in [0.29, 0.717) is 18.8 Å². The van der Waals surface area contributed by atoms with Gasteiger partial charge in [-0.3, -0.25) is 24.0 Å². The Balaban J connectivity index is 2.87. The lowest BCUT2D eigenvalue weighted by Crippen LogP contribution is -2.54. The summed E-state index contributed by atoms with van der Waals surface area (Å²) in [5.41, 5.74) is 0. The highest BCUT2D eigenvalue weighted by molar-refractivity contribution is 6.38. The predicted octanol–water partition coefficient (Wildman–Crippen LogP) is 1.37. The fraction of sp³-hybridized carbons (Fsp3) is 0.708. The average molecular weight is 465 g/mol. The zero-order chi connectivity index (χ0) is 25.0. The quantitative estimate of drug-likeness (QED) is 0.318. The van der Waals surface area contributed by atoms with Crippen molar-refractivity contribution in [2.75, 3.05) is 6.54 Å². The number of nitrogens with one attached hydrogen (secondary N) is 4. The van der Waals surface area contributed by atoms with Gasteiger partial charge in [-0.1, -0.05) is 40.2 Å². The molecule has 1 rings (SSSR count). The molecule has 0 aromatic carbocycles. The third-order valence-electron chi connectivity index (χ3n) is 5.70. The molecule has 1 saturated heterocycles. The minimum absolute atomic E-state index is 0.127. The SMILES string of the molecule is CC[C@H](C)CC/C=C/C(=O)N[C@H]1CCCNC(=O)[C@@H](CC(C)C)NC(=O)C(=O)[C@H](C)NC1=O. The summed E-state index contributed by atoms with van der Waals surface area (Å²) in [7, 11) is 0. The summed E-state index contributed by atoms with van der Waals surface area (Å²) in [6.07, 6.45) is 7.11. The van der Waals surface area contributed by atoms with Crippen LogP contribution in [0.25, 0.3) is 0 Å². The van der Waals surface area contributed by atoms with Crippen LogP contribution in [-0.4, -0.2) is 54.1 Å². The first kappa shape index (κ1) is 28.3. The fourth-order valence-corrected chi connectivity index (χ4v) is 3.41. The van der Waals surface area contributed by atoms with E-state index in [-0.39, 0.29) is 24.8 Å². The van der Waals surface area contributed by atoms with Crippen LogP contribution in [0.1, 0.15) is 73.1 Å². The van der Waals surface area contributed by atoms with Gasteiger partial charge >= 0.3 is 0 Å². The molecular weight excluding hydrogens is 424 g/mol. The maximum absolute atomic E-state index is 12.7. The van der Waals surface area contributed by atoms with E-state index in [1.54, 1.807) is 6.08 Å². The number of rotatable bonds is 8. The second kappa shape index (κ2) is 14.4. The zero-order valence-electron chi connectivity index (χ0n) is 20.5. The van der Waals surface area contributed by atoms with Gasteiger partial charge < -0.3 is 21.3 Å². The van der Waals surface area contributed by atoms with Gasteiger partial charge in [-0.2, -0.15) is 0 Å². The summed E-state index contributed by atoms with van der Waals surface area (Å²) in [4.78, 5) is 62.4. The number of carbonyl (C=O) groups excluding carboxylic acids is 5. The molecule has 0 aliphatic carbocycles. The minimum Gasteiger partial charge on any atom is -0.354 e. The van der Waals surface area contributed by atoms with Gasteiger partial charge in [0.2, 0.25) is 23.5 Å². The fourth-order valence-electron chi connectivity index (χ4n) is 3.41. The molecule has 1 fully saturated rings. The van der Waals surface area contributed by atoms with Crippen molar-refractivity contribution in [3.05, 3.63) is 12.2 Å². The Labute approximate surface area is 196 Å². The van der Waals surface area contributed by atoms with Crippen molar-refractivity contribution in [1.29, 1.82) is 0 Å².